The van der Waals surface area contributed by atoms with E-state index in [1.807, 2.05) is 0 Å². The third-order valence-corrected chi connectivity index (χ3v) is 3.05. The first kappa shape index (κ1) is 25.3. The standard InChI is InChI=1S/C12H9F13O2/c13-6(5(7(26)27)11(21,22)23)10(19,20)12(24,25)8(14,15)3-1-2-4-9(16,17)18/h1-4H2,(H,26,27). The molecule has 0 spiro atoms. The largest absolute Gasteiger partial charge is 0.478 e. The number of aliphatic carboxylic acids is 1. The predicted molar refractivity (Wildman–Crippen MR) is 61.2 cm³/mol. The van der Waals surface area contributed by atoms with Crippen LogP contribution in [0.15, 0.2) is 11.4 Å². The third kappa shape index (κ3) is 5.89. The number of alkyl halides is 12. The van der Waals surface area contributed by atoms with Crippen molar-refractivity contribution in [3.05, 3.63) is 11.4 Å². The summed E-state index contributed by atoms with van der Waals surface area (Å²) in [5.74, 6) is -27.6. The summed E-state index contributed by atoms with van der Waals surface area (Å²) >= 11 is 0. The monoisotopic (exact) mass is 432 g/mol. The van der Waals surface area contributed by atoms with Crippen molar-refractivity contribution >= 4 is 5.97 Å². The number of hydrogen-bond acceptors (Lipinski definition) is 1. The van der Waals surface area contributed by atoms with Gasteiger partial charge in [0, 0.05) is 12.8 Å². The minimum absolute atomic E-state index is 1.21. The van der Waals surface area contributed by atoms with Crippen LogP contribution in [-0.4, -0.2) is 41.2 Å². The van der Waals surface area contributed by atoms with Crippen LogP contribution in [0.4, 0.5) is 57.1 Å². The number of carbonyl (C=O) groups is 1. The number of unbranched alkanes of at least 4 members (excludes halogenated alkanes) is 1. The maximum Gasteiger partial charge on any atom is 0.426 e. The number of allylic oxidation sites excluding steroid dienone is 1. The number of rotatable bonds is 8. The van der Waals surface area contributed by atoms with Gasteiger partial charge in [0.25, 0.3) is 0 Å². The summed E-state index contributed by atoms with van der Waals surface area (Å²) in [7, 11) is 0. The highest BCUT2D eigenvalue weighted by Crippen LogP contribution is 2.53. The fourth-order valence-electron chi connectivity index (χ4n) is 1.69. The molecule has 2 nitrogen and oxygen atoms in total. The minimum Gasteiger partial charge on any atom is -0.478 e. The Hall–Kier alpha value is -1.70. The van der Waals surface area contributed by atoms with E-state index in [1.54, 1.807) is 0 Å². The average Bonchev–Trinajstić information content (AvgIpc) is 2.40. The first-order chi connectivity index (χ1) is 11.7. The van der Waals surface area contributed by atoms with Crippen LogP contribution in [0.3, 0.4) is 0 Å². The van der Waals surface area contributed by atoms with Gasteiger partial charge in [-0.1, -0.05) is 0 Å². The summed E-state index contributed by atoms with van der Waals surface area (Å²) in [5, 5.41) is 8.07. The van der Waals surface area contributed by atoms with Crippen molar-refractivity contribution in [2.75, 3.05) is 0 Å². The summed E-state index contributed by atoms with van der Waals surface area (Å²) < 4.78 is 165. The lowest BCUT2D eigenvalue weighted by Crippen LogP contribution is -2.55. The fraction of sp³-hybridized carbons (Fsp3) is 0.750. The van der Waals surface area contributed by atoms with Crippen LogP contribution < -0.4 is 0 Å². The van der Waals surface area contributed by atoms with E-state index < -0.39 is 73.2 Å². The number of carboxylic acid groups (broad SMARTS) is 1. The highest BCUT2D eigenvalue weighted by Gasteiger charge is 2.74. The van der Waals surface area contributed by atoms with E-state index in [2.05, 4.69) is 0 Å². The summed E-state index contributed by atoms with van der Waals surface area (Å²) in [6, 6.07) is 0. The van der Waals surface area contributed by atoms with Crippen LogP contribution >= 0.6 is 0 Å². The first-order valence-electron chi connectivity index (χ1n) is 6.59. The predicted octanol–water partition coefficient (Wildman–Crippen LogP) is 5.89. The highest BCUT2D eigenvalue weighted by molar-refractivity contribution is 5.89. The van der Waals surface area contributed by atoms with Gasteiger partial charge in [0.05, 0.1) is 0 Å². The van der Waals surface area contributed by atoms with Gasteiger partial charge in [-0.25, -0.2) is 9.18 Å². The van der Waals surface area contributed by atoms with Crippen LogP contribution in [0.5, 0.6) is 0 Å². The van der Waals surface area contributed by atoms with E-state index in [-0.39, 0.29) is 0 Å². The van der Waals surface area contributed by atoms with Crippen molar-refractivity contribution in [3.63, 3.8) is 0 Å². The summed E-state index contributed by atoms with van der Waals surface area (Å²) in [4.78, 5) is 10.2. The maximum atomic E-state index is 13.3. The zero-order valence-electron chi connectivity index (χ0n) is 12.6. The Labute approximate surface area is 141 Å². The molecule has 15 heteroatoms. The van der Waals surface area contributed by atoms with Crippen LogP contribution in [0, 0.1) is 0 Å². The molecule has 0 aliphatic heterocycles. The average molecular weight is 432 g/mol. The summed E-state index contributed by atoms with van der Waals surface area (Å²) in [6.45, 7) is 0. The zero-order valence-corrected chi connectivity index (χ0v) is 12.6. The zero-order chi connectivity index (χ0) is 22.1. The molecule has 160 valence electrons. The van der Waals surface area contributed by atoms with Crippen LogP contribution in [-0.2, 0) is 4.79 Å². The van der Waals surface area contributed by atoms with Gasteiger partial charge in [0.15, 0.2) is 11.4 Å². The van der Waals surface area contributed by atoms with Gasteiger partial charge in [-0.05, 0) is 12.8 Å². The van der Waals surface area contributed by atoms with E-state index in [9.17, 15) is 61.9 Å². The summed E-state index contributed by atoms with van der Waals surface area (Å²) in [5.41, 5.74) is -3.82. The van der Waals surface area contributed by atoms with Gasteiger partial charge in [-0.3, -0.25) is 0 Å². The molecule has 1 N–H and O–H groups in total. The van der Waals surface area contributed by atoms with E-state index in [0.29, 0.717) is 0 Å². The normalized spacial score (nSPS) is 15.6. The molecule has 0 amide bonds. The van der Waals surface area contributed by atoms with Crippen LogP contribution in [0.2, 0.25) is 0 Å². The van der Waals surface area contributed by atoms with Crippen molar-refractivity contribution in [3.8, 4) is 0 Å². The van der Waals surface area contributed by atoms with Crippen molar-refractivity contribution in [1.29, 1.82) is 0 Å². The Kier molecular flexibility index (Phi) is 7.25. The summed E-state index contributed by atoms with van der Waals surface area (Å²) in [6.07, 6.45) is -18.0. The van der Waals surface area contributed by atoms with E-state index >= 15 is 0 Å². The Bertz CT molecular complexity index is 571. The molecule has 27 heavy (non-hydrogen) atoms. The van der Waals surface area contributed by atoms with Crippen molar-refractivity contribution in [2.45, 2.75) is 55.8 Å². The van der Waals surface area contributed by atoms with Gasteiger partial charge in [0.1, 0.15) is 0 Å². The van der Waals surface area contributed by atoms with Gasteiger partial charge in [0.2, 0.25) is 0 Å². The van der Waals surface area contributed by atoms with Gasteiger partial charge in [-0.15, -0.1) is 0 Å². The smallest absolute Gasteiger partial charge is 0.426 e. The molecule has 0 unspecified atom stereocenters. The maximum absolute atomic E-state index is 13.3. The molecule has 0 heterocycles. The van der Waals surface area contributed by atoms with Gasteiger partial charge < -0.3 is 5.11 Å². The van der Waals surface area contributed by atoms with Crippen LogP contribution in [0.25, 0.3) is 0 Å². The van der Waals surface area contributed by atoms with E-state index in [0.717, 1.165) is 0 Å². The fourth-order valence-corrected chi connectivity index (χ4v) is 1.69. The number of halogens is 13. The minimum atomic E-state index is -6.91. The van der Waals surface area contributed by atoms with Gasteiger partial charge in [-0.2, -0.15) is 52.7 Å². The first-order valence-corrected chi connectivity index (χ1v) is 6.59. The Morgan fingerprint density at radius 1 is 0.741 bits per heavy atom. The van der Waals surface area contributed by atoms with Crippen molar-refractivity contribution in [1.82, 2.24) is 0 Å². The topological polar surface area (TPSA) is 37.3 Å². The lowest BCUT2D eigenvalue weighted by Gasteiger charge is -2.32. The SMILES string of the molecule is O=C(O)C(=C(F)C(F)(F)C(F)(F)C(F)(F)CCCCC(F)(F)F)C(F)(F)F. The molecule has 0 aromatic heterocycles. The van der Waals surface area contributed by atoms with E-state index in [4.69, 9.17) is 5.11 Å². The second kappa shape index (κ2) is 7.73. The number of hydrogen-bond donors (Lipinski definition) is 1. The lowest BCUT2D eigenvalue weighted by atomic mass is 9.96. The molecule has 0 aromatic rings. The molecule has 0 bridgehead atoms. The second-order valence-corrected chi connectivity index (χ2v) is 5.17. The molecular formula is C12H9F13O2. The molecule has 0 atom stereocenters. The Morgan fingerprint density at radius 2 is 1.15 bits per heavy atom. The Balaban J connectivity index is 5.77. The molecule has 0 aromatic carbocycles. The molecule has 0 rings (SSSR count). The van der Waals surface area contributed by atoms with Crippen molar-refractivity contribution < 1.29 is 67.0 Å². The molecule has 0 saturated carbocycles. The molecule has 0 saturated heterocycles. The van der Waals surface area contributed by atoms with E-state index in [1.165, 1.54) is 0 Å². The van der Waals surface area contributed by atoms with Crippen LogP contribution in [0.1, 0.15) is 25.7 Å². The quantitative estimate of drug-likeness (QED) is 0.295. The lowest BCUT2D eigenvalue weighted by molar-refractivity contribution is -0.303. The molecule has 0 radical (unpaired) electrons. The number of carboxylic acids is 1. The van der Waals surface area contributed by atoms with Gasteiger partial charge >= 0.3 is 36.1 Å². The molecule has 0 fully saturated rings. The molecular weight excluding hydrogens is 423 g/mol. The van der Waals surface area contributed by atoms with Crippen molar-refractivity contribution in [2.24, 2.45) is 0 Å². The molecule has 0 aliphatic rings. The second-order valence-electron chi connectivity index (χ2n) is 5.17. The Morgan fingerprint density at radius 3 is 1.48 bits per heavy atom. The molecule has 0 aliphatic carbocycles. The highest BCUT2D eigenvalue weighted by atomic mass is 19.4. The third-order valence-electron chi connectivity index (χ3n) is 3.05.